The number of nitrogens with zero attached hydrogens (tertiary/aromatic N) is 4. The van der Waals surface area contributed by atoms with Crippen molar-refractivity contribution in [1.29, 1.82) is 0 Å². The van der Waals surface area contributed by atoms with Gasteiger partial charge in [-0.1, -0.05) is 0 Å². The Hall–Kier alpha value is -3.39. The molecule has 154 valence electrons. The fourth-order valence-electron chi connectivity index (χ4n) is 2.75. The highest BCUT2D eigenvalue weighted by atomic mass is 16.6. The summed E-state index contributed by atoms with van der Waals surface area (Å²) >= 11 is 0. The van der Waals surface area contributed by atoms with Crippen molar-refractivity contribution in [1.82, 2.24) is 24.5 Å². The number of aromatic nitrogens is 5. The molecule has 0 aromatic carbocycles. The average molecular weight is 405 g/mol. The first-order valence-corrected chi connectivity index (χ1v) is 8.38. The van der Waals surface area contributed by atoms with Gasteiger partial charge in [0.1, 0.15) is 18.3 Å². The highest BCUT2D eigenvalue weighted by Crippen LogP contribution is 2.30. The molecule has 3 aromatic heterocycles. The Labute approximate surface area is 162 Å². The lowest BCUT2D eigenvalue weighted by Gasteiger charge is -2.16. The van der Waals surface area contributed by atoms with E-state index in [-0.39, 0.29) is 17.1 Å². The van der Waals surface area contributed by atoms with Crippen LogP contribution in [0.4, 0.5) is 5.95 Å². The lowest BCUT2D eigenvalue weighted by molar-refractivity contribution is -0.0511. The number of nitrogens with one attached hydrogen (secondary N) is 1. The highest BCUT2D eigenvalue weighted by Gasteiger charge is 2.44. The van der Waals surface area contributed by atoms with E-state index in [1.54, 1.807) is 18.3 Å². The van der Waals surface area contributed by atoms with E-state index in [2.05, 4.69) is 19.9 Å². The Bertz CT molecular complexity index is 1050. The van der Waals surface area contributed by atoms with Crippen LogP contribution < -0.4 is 17.0 Å². The number of ether oxygens (including phenoxy) is 1. The molecule has 4 atom stereocenters. The summed E-state index contributed by atoms with van der Waals surface area (Å²) < 4.78 is 6.64. The van der Waals surface area contributed by atoms with Gasteiger partial charge in [-0.3, -0.25) is 24.1 Å². The van der Waals surface area contributed by atoms with Crippen LogP contribution in [0.15, 0.2) is 35.6 Å². The molecule has 1 aliphatic rings. The molecule has 29 heavy (non-hydrogen) atoms. The van der Waals surface area contributed by atoms with Crippen LogP contribution in [0.2, 0.25) is 0 Å². The number of hydrogen-bond acceptors (Lipinski definition) is 10. The molecule has 0 bridgehead atoms. The van der Waals surface area contributed by atoms with Crippen LogP contribution in [0.3, 0.4) is 0 Å². The van der Waals surface area contributed by atoms with Crippen LogP contribution in [0.5, 0.6) is 0 Å². The quantitative estimate of drug-likeness (QED) is 0.269. The molecule has 1 amide bonds. The number of aromatic amines is 1. The van der Waals surface area contributed by atoms with Gasteiger partial charge in [-0.05, 0) is 12.1 Å². The molecule has 8 N–H and O–H groups in total. The lowest BCUT2D eigenvalue weighted by atomic mass is 10.1. The van der Waals surface area contributed by atoms with Crippen LogP contribution in [-0.4, -0.2) is 70.6 Å². The molecule has 0 radical (unpaired) electrons. The molecule has 1 fully saturated rings. The summed E-state index contributed by atoms with van der Waals surface area (Å²) in [6.07, 6.45) is -0.192. The number of fused-ring (bicyclic) bond motifs is 1. The molecular formula is C16H19N7O6. The number of anilines is 1. The smallest absolute Gasteiger partial charge is 0.280 e. The Kier molecular flexibility index (Phi) is 5.84. The number of primary amides is 1. The van der Waals surface area contributed by atoms with E-state index >= 15 is 0 Å². The summed E-state index contributed by atoms with van der Waals surface area (Å²) in [5.74, 6) is -0.543. The topological polar surface area (TPSA) is 215 Å². The first-order chi connectivity index (χ1) is 13.8. The van der Waals surface area contributed by atoms with E-state index in [0.29, 0.717) is 5.56 Å². The Balaban J connectivity index is 0.000000224. The standard InChI is InChI=1S/C10H13N5O5.C6H6N2O/c11-10-13-7-4(8(19)14-10)12-2-15(7)9-6(18)5(17)3(1-16)20-9;7-6(9)5-2-1-3-8-4-5/h2-3,5-6,9,16-18H,1H2,(H3,11,13,14,19);1-4H,(H2,7,9)/t3-,5-,6-,9-;/m1./s1. The second-order valence-electron chi connectivity index (χ2n) is 6.11. The van der Waals surface area contributed by atoms with Crippen molar-refractivity contribution >= 4 is 23.0 Å². The number of nitrogen functional groups attached to an aromatic ring is 1. The second-order valence-corrected chi connectivity index (χ2v) is 6.11. The molecule has 1 aliphatic heterocycles. The largest absolute Gasteiger partial charge is 0.394 e. The van der Waals surface area contributed by atoms with Crippen molar-refractivity contribution in [3.05, 3.63) is 46.8 Å². The van der Waals surface area contributed by atoms with Gasteiger partial charge in [-0.2, -0.15) is 4.98 Å². The molecule has 0 aliphatic carbocycles. The van der Waals surface area contributed by atoms with Gasteiger partial charge in [0.05, 0.1) is 18.5 Å². The second kappa shape index (κ2) is 8.32. The van der Waals surface area contributed by atoms with Gasteiger partial charge in [0.15, 0.2) is 17.4 Å². The molecule has 13 heteroatoms. The van der Waals surface area contributed by atoms with E-state index < -0.39 is 42.6 Å². The van der Waals surface area contributed by atoms with Gasteiger partial charge in [-0.25, -0.2) is 4.98 Å². The molecule has 0 spiro atoms. The fraction of sp³-hybridized carbons (Fsp3) is 0.312. The summed E-state index contributed by atoms with van der Waals surface area (Å²) in [4.78, 5) is 35.9. The Morgan fingerprint density at radius 3 is 2.66 bits per heavy atom. The number of imidazole rings is 1. The van der Waals surface area contributed by atoms with Gasteiger partial charge in [0.25, 0.3) is 5.56 Å². The normalized spacial score (nSPS) is 23.6. The fourth-order valence-corrected chi connectivity index (χ4v) is 2.75. The Morgan fingerprint density at radius 1 is 1.34 bits per heavy atom. The molecule has 4 rings (SSSR count). The molecular weight excluding hydrogens is 386 g/mol. The van der Waals surface area contributed by atoms with Crippen molar-refractivity contribution < 1.29 is 24.9 Å². The van der Waals surface area contributed by atoms with Gasteiger partial charge in [0, 0.05) is 12.4 Å². The number of pyridine rings is 1. The van der Waals surface area contributed by atoms with Gasteiger partial charge in [0.2, 0.25) is 11.9 Å². The maximum absolute atomic E-state index is 11.7. The minimum absolute atomic E-state index is 0.0388. The van der Waals surface area contributed by atoms with E-state index in [4.69, 9.17) is 21.3 Å². The molecule has 13 nitrogen and oxygen atoms in total. The number of rotatable bonds is 3. The Morgan fingerprint density at radius 2 is 2.10 bits per heavy atom. The molecule has 3 aromatic rings. The number of H-pyrrole nitrogens is 1. The lowest BCUT2D eigenvalue weighted by Crippen LogP contribution is -2.33. The molecule has 1 saturated heterocycles. The monoisotopic (exact) mass is 405 g/mol. The molecule has 0 saturated carbocycles. The maximum Gasteiger partial charge on any atom is 0.280 e. The predicted molar refractivity (Wildman–Crippen MR) is 98.3 cm³/mol. The zero-order valence-corrected chi connectivity index (χ0v) is 14.9. The summed E-state index contributed by atoms with van der Waals surface area (Å²) in [5, 5.41) is 28.7. The first kappa shape index (κ1) is 20.3. The van der Waals surface area contributed by atoms with E-state index in [1.165, 1.54) is 17.1 Å². The molecule has 0 unspecified atom stereocenters. The highest BCUT2D eigenvalue weighted by molar-refractivity contribution is 5.92. The summed E-state index contributed by atoms with van der Waals surface area (Å²) in [6.45, 7) is -0.447. The minimum Gasteiger partial charge on any atom is -0.394 e. The minimum atomic E-state index is -1.29. The first-order valence-electron chi connectivity index (χ1n) is 8.38. The zero-order valence-electron chi connectivity index (χ0n) is 14.9. The van der Waals surface area contributed by atoms with Crippen molar-refractivity contribution in [2.75, 3.05) is 12.3 Å². The van der Waals surface area contributed by atoms with Crippen molar-refractivity contribution in [3.8, 4) is 0 Å². The third-order valence-electron chi connectivity index (χ3n) is 4.19. The summed E-state index contributed by atoms with van der Waals surface area (Å²) in [7, 11) is 0. The number of carbonyl (C=O) groups excluding carboxylic acids is 1. The van der Waals surface area contributed by atoms with Gasteiger partial charge in [-0.15, -0.1) is 0 Å². The third kappa shape index (κ3) is 4.07. The van der Waals surface area contributed by atoms with Crippen molar-refractivity contribution in [3.63, 3.8) is 0 Å². The van der Waals surface area contributed by atoms with E-state index in [0.717, 1.165) is 0 Å². The van der Waals surface area contributed by atoms with Crippen LogP contribution in [0.1, 0.15) is 16.6 Å². The number of aliphatic hydroxyl groups is 3. The predicted octanol–water partition coefficient (Wildman–Crippen LogP) is -2.51. The number of amides is 1. The maximum atomic E-state index is 11.7. The SMILES string of the molecule is NC(=O)c1cccnc1.Nc1nc2c(ncn2[C@@H]2O[C@H](CO)[C@@H](O)[C@H]2O)c(=O)[nH]1. The number of hydrogen-bond donors (Lipinski definition) is 6. The van der Waals surface area contributed by atoms with Crippen molar-refractivity contribution in [2.24, 2.45) is 5.73 Å². The van der Waals surface area contributed by atoms with Crippen LogP contribution >= 0.6 is 0 Å². The van der Waals surface area contributed by atoms with Crippen molar-refractivity contribution in [2.45, 2.75) is 24.5 Å². The number of nitrogens with two attached hydrogens (primary N) is 2. The number of carbonyl (C=O) groups is 1. The third-order valence-corrected chi connectivity index (χ3v) is 4.19. The van der Waals surface area contributed by atoms with Crippen LogP contribution in [-0.2, 0) is 4.74 Å². The van der Waals surface area contributed by atoms with E-state index in [1.807, 2.05) is 0 Å². The van der Waals surface area contributed by atoms with E-state index in [9.17, 15) is 19.8 Å². The van der Waals surface area contributed by atoms with Crippen LogP contribution in [0, 0.1) is 0 Å². The number of aliphatic hydroxyl groups excluding tert-OH is 3. The average Bonchev–Trinajstić information content (AvgIpc) is 3.24. The van der Waals surface area contributed by atoms with Gasteiger partial charge < -0.3 is 31.5 Å². The van der Waals surface area contributed by atoms with Crippen LogP contribution in [0.25, 0.3) is 11.2 Å². The summed E-state index contributed by atoms with van der Waals surface area (Å²) in [6, 6.07) is 3.29. The van der Waals surface area contributed by atoms with Gasteiger partial charge >= 0.3 is 0 Å². The zero-order chi connectivity index (χ0) is 21.1. The summed E-state index contributed by atoms with van der Waals surface area (Å²) in [5.41, 5.74) is 10.5. The molecule has 4 heterocycles.